The van der Waals surface area contributed by atoms with Gasteiger partial charge in [0, 0.05) is 24.6 Å². The van der Waals surface area contributed by atoms with Crippen LogP contribution in [0.5, 0.6) is 0 Å². The van der Waals surface area contributed by atoms with E-state index in [0.29, 0.717) is 6.54 Å². The number of para-hydroxylation sites is 1. The number of rotatable bonds is 3. The summed E-state index contributed by atoms with van der Waals surface area (Å²) in [4.78, 5) is 39.4. The number of nitro benzene ring substituents is 1. The summed E-state index contributed by atoms with van der Waals surface area (Å²) in [5.74, 6) is -2.08. The van der Waals surface area contributed by atoms with E-state index in [1.54, 1.807) is 4.90 Å². The highest BCUT2D eigenvalue weighted by atomic mass is 19.1. The minimum absolute atomic E-state index is 0.00960. The number of nitro groups is 1. The van der Waals surface area contributed by atoms with Crippen LogP contribution < -0.4 is 9.80 Å². The Kier molecular flexibility index (Phi) is 4.70. The minimum atomic E-state index is -0.971. The van der Waals surface area contributed by atoms with Crippen LogP contribution in [0.2, 0.25) is 0 Å². The molecule has 0 radical (unpaired) electrons. The average molecular weight is 431 g/mol. The Morgan fingerprint density at radius 2 is 1.75 bits per heavy atom. The molecule has 3 aromatic carbocycles. The number of benzene rings is 3. The Balaban J connectivity index is 1.44. The van der Waals surface area contributed by atoms with Gasteiger partial charge in [-0.25, -0.2) is 0 Å². The van der Waals surface area contributed by atoms with E-state index in [1.165, 1.54) is 11.0 Å². The molecule has 32 heavy (non-hydrogen) atoms. The van der Waals surface area contributed by atoms with Crippen LogP contribution in [0, 0.1) is 21.8 Å². The highest BCUT2D eigenvalue weighted by Gasteiger charge is 2.39. The Hall–Kier alpha value is -4.07. The lowest BCUT2D eigenvalue weighted by Gasteiger charge is -2.32. The molecule has 5 rings (SSSR count). The molecule has 2 aliphatic heterocycles. The van der Waals surface area contributed by atoms with Gasteiger partial charge in [-0.15, -0.1) is 0 Å². The molecule has 0 aromatic heterocycles. The number of hydrogen-bond acceptors (Lipinski definition) is 4. The summed E-state index contributed by atoms with van der Waals surface area (Å²) in [6, 6.07) is 18.9. The van der Waals surface area contributed by atoms with Crippen LogP contribution >= 0.6 is 0 Å². The SMILES string of the molecule is O=C1CC(C(=O)N2Cc3ccccc3-c3ccccc32)CN1c1ccc(F)c([N+](=O)[O-])c1. The van der Waals surface area contributed by atoms with Gasteiger partial charge in [-0.3, -0.25) is 19.7 Å². The molecule has 160 valence electrons. The first-order valence-corrected chi connectivity index (χ1v) is 10.2. The molecule has 0 aliphatic carbocycles. The van der Waals surface area contributed by atoms with Gasteiger partial charge in [-0.2, -0.15) is 4.39 Å². The highest BCUT2D eigenvalue weighted by molar-refractivity contribution is 6.06. The predicted octanol–water partition coefficient (Wildman–Crippen LogP) is 4.30. The van der Waals surface area contributed by atoms with Crippen LogP contribution in [-0.4, -0.2) is 23.3 Å². The normalized spacial score (nSPS) is 17.2. The summed E-state index contributed by atoms with van der Waals surface area (Å²) < 4.78 is 13.7. The molecule has 2 heterocycles. The zero-order valence-electron chi connectivity index (χ0n) is 16.9. The second-order valence-corrected chi connectivity index (χ2v) is 7.90. The van der Waals surface area contributed by atoms with Crippen LogP contribution in [-0.2, 0) is 16.1 Å². The first-order valence-electron chi connectivity index (χ1n) is 10.2. The molecule has 3 aromatic rings. The fourth-order valence-electron chi connectivity index (χ4n) is 4.46. The van der Waals surface area contributed by atoms with Gasteiger partial charge in [0.15, 0.2) is 0 Å². The molecular weight excluding hydrogens is 413 g/mol. The van der Waals surface area contributed by atoms with Crippen molar-refractivity contribution in [3.8, 4) is 11.1 Å². The second kappa shape index (κ2) is 7.56. The van der Waals surface area contributed by atoms with E-state index in [4.69, 9.17) is 0 Å². The van der Waals surface area contributed by atoms with E-state index in [0.717, 1.165) is 34.5 Å². The number of amides is 2. The molecule has 1 saturated heterocycles. The number of nitrogens with zero attached hydrogens (tertiary/aromatic N) is 3. The van der Waals surface area contributed by atoms with E-state index in [9.17, 15) is 24.1 Å². The highest BCUT2D eigenvalue weighted by Crippen LogP contribution is 2.40. The van der Waals surface area contributed by atoms with Crippen molar-refractivity contribution in [1.29, 1.82) is 0 Å². The Labute approximate surface area is 182 Å². The standard InChI is InChI=1S/C24H18FN3O4/c25-20-10-9-17(12-22(20)28(31)32)26-14-16(11-23(26)29)24(30)27-13-15-5-1-2-6-18(15)19-7-3-4-8-21(19)27/h1-10,12,16H,11,13-14H2. The van der Waals surface area contributed by atoms with Crippen molar-refractivity contribution < 1.29 is 18.9 Å². The molecule has 7 nitrogen and oxygen atoms in total. The molecule has 0 spiro atoms. The number of fused-ring (bicyclic) bond motifs is 3. The van der Waals surface area contributed by atoms with E-state index >= 15 is 0 Å². The van der Waals surface area contributed by atoms with Crippen molar-refractivity contribution in [2.75, 3.05) is 16.3 Å². The third-order valence-electron chi connectivity index (χ3n) is 6.01. The van der Waals surface area contributed by atoms with Crippen molar-refractivity contribution in [2.45, 2.75) is 13.0 Å². The maximum Gasteiger partial charge on any atom is 0.306 e. The molecule has 1 fully saturated rings. The van der Waals surface area contributed by atoms with Crippen LogP contribution in [0.3, 0.4) is 0 Å². The van der Waals surface area contributed by atoms with Crippen LogP contribution in [0.4, 0.5) is 21.5 Å². The van der Waals surface area contributed by atoms with Crippen LogP contribution in [0.15, 0.2) is 66.7 Å². The lowest BCUT2D eigenvalue weighted by molar-refractivity contribution is -0.387. The molecular formula is C24H18FN3O4. The summed E-state index contributed by atoms with van der Waals surface area (Å²) in [6.45, 7) is 0.486. The topological polar surface area (TPSA) is 83.8 Å². The first kappa shape index (κ1) is 19.9. The van der Waals surface area contributed by atoms with Crippen LogP contribution in [0.1, 0.15) is 12.0 Å². The molecule has 0 saturated carbocycles. The van der Waals surface area contributed by atoms with Gasteiger partial charge < -0.3 is 9.80 Å². The maximum absolute atomic E-state index is 13.7. The number of carbonyl (C=O) groups excluding carboxylic acids is 2. The van der Waals surface area contributed by atoms with E-state index in [-0.39, 0.29) is 30.5 Å². The Morgan fingerprint density at radius 3 is 2.53 bits per heavy atom. The van der Waals surface area contributed by atoms with Crippen molar-refractivity contribution in [3.63, 3.8) is 0 Å². The van der Waals surface area contributed by atoms with Gasteiger partial charge in [0.05, 0.1) is 28.8 Å². The van der Waals surface area contributed by atoms with Gasteiger partial charge in [-0.05, 0) is 29.3 Å². The molecule has 1 atom stereocenters. The lowest BCUT2D eigenvalue weighted by Crippen LogP contribution is -2.39. The molecule has 2 aliphatic rings. The fourth-order valence-corrected chi connectivity index (χ4v) is 4.46. The summed E-state index contributed by atoms with van der Waals surface area (Å²) in [5, 5.41) is 11.1. The third-order valence-corrected chi connectivity index (χ3v) is 6.01. The lowest BCUT2D eigenvalue weighted by atomic mass is 9.92. The summed E-state index contributed by atoms with van der Waals surface area (Å²) in [6.07, 6.45) is -0.00960. The van der Waals surface area contributed by atoms with Gasteiger partial charge >= 0.3 is 5.69 Å². The van der Waals surface area contributed by atoms with Gasteiger partial charge in [0.1, 0.15) is 0 Å². The fraction of sp³-hybridized carbons (Fsp3) is 0.167. The van der Waals surface area contributed by atoms with Crippen molar-refractivity contribution in [1.82, 2.24) is 0 Å². The van der Waals surface area contributed by atoms with Crippen molar-refractivity contribution in [3.05, 3.63) is 88.2 Å². The zero-order chi connectivity index (χ0) is 22.4. The Bertz CT molecular complexity index is 1280. The smallest absolute Gasteiger partial charge is 0.306 e. The molecule has 0 bridgehead atoms. The first-order chi connectivity index (χ1) is 15.4. The van der Waals surface area contributed by atoms with E-state index < -0.39 is 22.3 Å². The summed E-state index contributed by atoms with van der Waals surface area (Å²) >= 11 is 0. The Morgan fingerprint density at radius 1 is 1.03 bits per heavy atom. The third kappa shape index (κ3) is 3.20. The van der Waals surface area contributed by atoms with Crippen LogP contribution in [0.25, 0.3) is 11.1 Å². The second-order valence-electron chi connectivity index (χ2n) is 7.90. The van der Waals surface area contributed by atoms with Crippen molar-refractivity contribution in [2.24, 2.45) is 5.92 Å². The van der Waals surface area contributed by atoms with E-state index in [2.05, 4.69) is 0 Å². The number of halogens is 1. The monoisotopic (exact) mass is 431 g/mol. The molecule has 2 amide bonds. The zero-order valence-corrected chi connectivity index (χ0v) is 16.9. The predicted molar refractivity (Wildman–Crippen MR) is 117 cm³/mol. The van der Waals surface area contributed by atoms with E-state index in [1.807, 2.05) is 48.5 Å². The largest absolute Gasteiger partial charge is 0.311 e. The molecule has 8 heteroatoms. The molecule has 0 N–H and O–H groups in total. The van der Waals surface area contributed by atoms with Gasteiger partial charge in [0.2, 0.25) is 17.6 Å². The van der Waals surface area contributed by atoms with Crippen molar-refractivity contribution >= 4 is 28.9 Å². The summed E-state index contributed by atoms with van der Waals surface area (Å²) in [7, 11) is 0. The minimum Gasteiger partial charge on any atom is -0.311 e. The van der Waals surface area contributed by atoms with Gasteiger partial charge in [0.25, 0.3) is 0 Å². The molecule has 1 unspecified atom stereocenters. The quantitative estimate of drug-likeness (QED) is 0.457. The maximum atomic E-state index is 13.7. The van der Waals surface area contributed by atoms with Gasteiger partial charge in [-0.1, -0.05) is 42.5 Å². The number of hydrogen-bond donors (Lipinski definition) is 0. The summed E-state index contributed by atoms with van der Waals surface area (Å²) in [5.41, 5.74) is 3.36. The number of carbonyl (C=O) groups is 2. The number of anilines is 2. The average Bonchev–Trinajstić information content (AvgIpc) is 3.19.